The maximum atomic E-state index is 13.6. The fraction of sp³-hybridized carbons (Fsp3) is 0.122. The molecule has 3 amide bonds. The summed E-state index contributed by atoms with van der Waals surface area (Å²) in [6.45, 7) is 1.96. The van der Waals surface area contributed by atoms with Gasteiger partial charge in [0.05, 0.1) is 10.9 Å². The Labute approximate surface area is 305 Å². The molecule has 0 aliphatic heterocycles. The predicted molar refractivity (Wildman–Crippen MR) is 211 cm³/mol. The number of fused-ring (bicyclic) bond motifs is 1. The number of nitrogens with one attached hydrogen (secondary N) is 3. The van der Waals surface area contributed by atoms with E-state index in [9.17, 15) is 14.4 Å². The maximum Gasteiger partial charge on any atom is 0.272 e. The summed E-state index contributed by atoms with van der Waals surface area (Å²) in [4.78, 5) is 47.6. The van der Waals surface area contributed by atoms with Gasteiger partial charge in [0, 0.05) is 46.9 Å². The van der Waals surface area contributed by atoms with E-state index in [4.69, 9.17) is 0 Å². The zero-order valence-corrected chi connectivity index (χ0v) is 30.1. The minimum Gasteiger partial charge on any atom is -0.378 e. The molecule has 0 fully saturated rings. The van der Waals surface area contributed by atoms with Gasteiger partial charge in [0.15, 0.2) is 5.13 Å². The Morgan fingerprint density at radius 2 is 1.57 bits per heavy atom. The Morgan fingerprint density at radius 1 is 0.824 bits per heavy atom. The van der Waals surface area contributed by atoms with E-state index in [1.54, 1.807) is 36.4 Å². The second-order valence-corrected chi connectivity index (χ2v) is 14.1. The van der Waals surface area contributed by atoms with Gasteiger partial charge in [-0.3, -0.25) is 14.4 Å². The van der Waals surface area contributed by atoms with Crippen LogP contribution in [0.1, 0.15) is 29.3 Å². The predicted octanol–water partition coefficient (Wildman–Crippen LogP) is 8.95. The highest BCUT2D eigenvalue weighted by Crippen LogP contribution is 2.31. The summed E-state index contributed by atoms with van der Waals surface area (Å²) < 4.78 is 0. The Balaban J connectivity index is 1.13. The van der Waals surface area contributed by atoms with Crippen LogP contribution in [0.2, 0.25) is 0 Å². The lowest BCUT2D eigenvalue weighted by Crippen LogP contribution is -2.30. The Bertz CT molecular complexity index is 2200. The van der Waals surface area contributed by atoms with Gasteiger partial charge < -0.3 is 20.9 Å². The van der Waals surface area contributed by atoms with Gasteiger partial charge in [0.2, 0.25) is 5.91 Å². The number of anilines is 3. The molecule has 10 heteroatoms. The fourth-order valence-corrected chi connectivity index (χ4v) is 7.04. The number of amides is 3. The van der Waals surface area contributed by atoms with Gasteiger partial charge in [0.25, 0.3) is 11.8 Å². The first-order chi connectivity index (χ1) is 24.7. The number of carbonyl (C=O) groups excluding carboxylic acids is 3. The van der Waals surface area contributed by atoms with Crippen LogP contribution in [-0.2, 0) is 9.59 Å². The van der Waals surface area contributed by atoms with E-state index in [0.717, 1.165) is 38.2 Å². The number of thioether (sulfide) groups is 1. The van der Waals surface area contributed by atoms with E-state index < -0.39 is 17.1 Å². The SMILES string of the molecule is CCC(Sc1cccc(NC(=O)/C(=C\c2ccc(N(C)C)cc2)NC(=O)c2ccccc2)c1)C(=O)Nc1nc(-c2ccc3ccccc3c2)cs1. The standard InChI is InChI=1S/C41H37N5O3S2/c1-4-37(40(49)45-41-44-36(26-50-41)31-20-19-28-11-8-9-14-30(28)24-31)51-34-16-10-15-32(25-34)42-39(48)35(43-38(47)29-12-6-5-7-13-29)23-27-17-21-33(22-18-27)46(2)3/h5-26,37H,4H2,1-3H3,(H,42,48)(H,43,47)(H,44,45,49)/b35-23+. The van der Waals surface area contributed by atoms with Crippen molar-refractivity contribution < 1.29 is 14.4 Å². The van der Waals surface area contributed by atoms with Gasteiger partial charge in [-0.15, -0.1) is 23.1 Å². The normalized spacial score (nSPS) is 11.9. The molecule has 0 saturated heterocycles. The Hall–Kier alpha value is -5.71. The van der Waals surface area contributed by atoms with Gasteiger partial charge in [0.1, 0.15) is 5.70 Å². The molecule has 0 aliphatic carbocycles. The number of carbonyl (C=O) groups is 3. The highest BCUT2D eigenvalue weighted by Gasteiger charge is 2.21. The molecule has 0 saturated carbocycles. The summed E-state index contributed by atoms with van der Waals surface area (Å²) in [7, 11) is 3.91. The van der Waals surface area contributed by atoms with Crippen molar-refractivity contribution in [3.63, 3.8) is 0 Å². The van der Waals surface area contributed by atoms with E-state index >= 15 is 0 Å². The molecular weight excluding hydrogens is 675 g/mol. The molecule has 0 spiro atoms. The monoisotopic (exact) mass is 711 g/mol. The summed E-state index contributed by atoms with van der Waals surface area (Å²) in [5.74, 6) is -1.02. The second kappa shape index (κ2) is 16.3. The summed E-state index contributed by atoms with van der Waals surface area (Å²) >= 11 is 2.80. The van der Waals surface area contributed by atoms with E-state index in [1.165, 1.54) is 23.1 Å². The first kappa shape index (κ1) is 35.1. The molecule has 51 heavy (non-hydrogen) atoms. The Morgan fingerprint density at radius 3 is 2.31 bits per heavy atom. The molecule has 0 aliphatic rings. The van der Waals surface area contributed by atoms with Crippen molar-refractivity contribution in [2.75, 3.05) is 29.6 Å². The van der Waals surface area contributed by atoms with Crippen molar-refractivity contribution in [2.45, 2.75) is 23.5 Å². The van der Waals surface area contributed by atoms with Crippen molar-refractivity contribution in [3.8, 4) is 11.3 Å². The first-order valence-corrected chi connectivity index (χ1v) is 18.2. The second-order valence-electron chi connectivity index (χ2n) is 11.9. The molecule has 1 heterocycles. The van der Waals surface area contributed by atoms with Crippen LogP contribution in [0.25, 0.3) is 28.1 Å². The van der Waals surface area contributed by atoms with Crippen LogP contribution in [0.5, 0.6) is 0 Å². The average molecular weight is 712 g/mol. The fourth-order valence-electron chi connectivity index (χ4n) is 5.31. The molecule has 256 valence electrons. The summed E-state index contributed by atoms with van der Waals surface area (Å²) in [5.41, 5.74) is 4.63. The molecule has 8 nitrogen and oxygen atoms in total. The van der Waals surface area contributed by atoms with Gasteiger partial charge in [-0.05, 0) is 77.4 Å². The van der Waals surface area contributed by atoms with E-state index in [0.29, 0.717) is 22.8 Å². The third-order valence-electron chi connectivity index (χ3n) is 8.06. The quantitative estimate of drug-likeness (QED) is 0.0866. The zero-order valence-electron chi connectivity index (χ0n) is 28.4. The number of hydrogen-bond donors (Lipinski definition) is 3. The van der Waals surface area contributed by atoms with Crippen LogP contribution in [0.3, 0.4) is 0 Å². The molecule has 1 aromatic heterocycles. The van der Waals surface area contributed by atoms with Crippen LogP contribution in [0, 0.1) is 0 Å². The number of thiazole rings is 1. The maximum absolute atomic E-state index is 13.6. The largest absolute Gasteiger partial charge is 0.378 e. The van der Waals surface area contributed by atoms with E-state index in [-0.39, 0.29) is 11.6 Å². The summed E-state index contributed by atoms with van der Waals surface area (Å²) in [6.07, 6.45) is 2.23. The smallest absolute Gasteiger partial charge is 0.272 e. The molecule has 0 bridgehead atoms. The van der Waals surface area contributed by atoms with E-state index in [2.05, 4.69) is 45.2 Å². The van der Waals surface area contributed by atoms with Crippen molar-refractivity contribution in [1.82, 2.24) is 10.3 Å². The molecule has 1 unspecified atom stereocenters. The van der Waals surface area contributed by atoms with Crippen LogP contribution in [0.4, 0.5) is 16.5 Å². The minimum atomic E-state index is -0.478. The van der Waals surface area contributed by atoms with Crippen LogP contribution in [-0.4, -0.2) is 42.1 Å². The lowest BCUT2D eigenvalue weighted by Gasteiger charge is -2.15. The van der Waals surface area contributed by atoms with Gasteiger partial charge in [-0.1, -0.05) is 79.7 Å². The topological polar surface area (TPSA) is 103 Å². The number of benzene rings is 5. The van der Waals surface area contributed by atoms with Crippen molar-refractivity contribution in [3.05, 3.63) is 144 Å². The first-order valence-electron chi connectivity index (χ1n) is 16.4. The molecule has 5 aromatic carbocycles. The third kappa shape index (κ3) is 9.10. The highest BCUT2D eigenvalue weighted by atomic mass is 32.2. The van der Waals surface area contributed by atoms with Gasteiger partial charge >= 0.3 is 0 Å². The van der Waals surface area contributed by atoms with Crippen molar-refractivity contribution in [2.24, 2.45) is 0 Å². The molecule has 1 atom stereocenters. The summed E-state index contributed by atoms with van der Waals surface area (Å²) in [5, 5.41) is 13.1. The molecule has 0 radical (unpaired) electrons. The van der Waals surface area contributed by atoms with Gasteiger partial charge in [-0.25, -0.2) is 4.98 Å². The average Bonchev–Trinajstić information content (AvgIpc) is 3.62. The highest BCUT2D eigenvalue weighted by molar-refractivity contribution is 8.00. The lowest BCUT2D eigenvalue weighted by molar-refractivity contribution is -0.116. The Kier molecular flexibility index (Phi) is 11.2. The molecule has 3 N–H and O–H groups in total. The van der Waals surface area contributed by atoms with Crippen LogP contribution < -0.4 is 20.9 Å². The number of hydrogen-bond acceptors (Lipinski definition) is 7. The third-order valence-corrected chi connectivity index (χ3v) is 10.2. The molecular formula is C41H37N5O3S2. The van der Waals surface area contributed by atoms with E-state index in [1.807, 2.05) is 98.0 Å². The lowest BCUT2D eigenvalue weighted by atomic mass is 10.1. The van der Waals surface area contributed by atoms with Crippen LogP contribution in [0.15, 0.2) is 137 Å². The number of nitrogens with zero attached hydrogens (tertiary/aromatic N) is 2. The molecule has 6 rings (SSSR count). The van der Waals surface area contributed by atoms with Gasteiger partial charge in [-0.2, -0.15) is 0 Å². The number of rotatable bonds is 12. The minimum absolute atomic E-state index is 0.0943. The number of aromatic nitrogens is 1. The summed E-state index contributed by atoms with van der Waals surface area (Å²) in [6, 6.07) is 38.1. The zero-order chi connectivity index (χ0) is 35.7. The van der Waals surface area contributed by atoms with Crippen molar-refractivity contribution in [1.29, 1.82) is 0 Å². The van der Waals surface area contributed by atoms with Crippen LogP contribution >= 0.6 is 23.1 Å². The van der Waals surface area contributed by atoms with Crippen molar-refractivity contribution >= 4 is 74.2 Å². The molecule has 6 aromatic rings.